The van der Waals surface area contributed by atoms with Crippen LogP contribution in [0, 0.1) is 5.92 Å². The van der Waals surface area contributed by atoms with Crippen LogP contribution in [0.15, 0.2) is 0 Å². The van der Waals surface area contributed by atoms with E-state index in [1.807, 2.05) is 4.90 Å². The van der Waals surface area contributed by atoms with Gasteiger partial charge in [0.1, 0.15) is 0 Å². The second-order valence-electron chi connectivity index (χ2n) is 5.17. The van der Waals surface area contributed by atoms with Gasteiger partial charge in [-0.2, -0.15) is 0 Å². The maximum atomic E-state index is 11.8. The zero-order valence-electron chi connectivity index (χ0n) is 10.3. The molecule has 0 spiro atoms. The minimum absolute atomic E-state index is 0.100. The van der Waals surface area contributed by atoms with Crippen molar-refractivity contribution in [3.8, 4) is 0 Å². The predicted molar refractivity (Wildman–Crippen MR) is 64.1 cm³/mol. The van der Waals surface area contributed by atoms with E-state index in [9.17, 15) is 9.59 Å². The van der Waals surface area contributed by atoms with Gasteiger partial charge in [0.05, 0.1) is 6.04 Å². The summed E-state index contributed by atoms with van der Waals surface area (Å²) in [4.78, 5) is 25.2. The first-order valence-corrected chi connectivity index (χ1v) is 6.42. The number of carbonyl (C=O) groups excluding carboxylic acids is 2. The smallest absolute Gasteiger partial charge is 0.236 e. The summed E-state index contributed by atoms with van der Waals surface area (Å²) < 4.78 is 0. The van der Waals surface area contributed by atoms with Crippen molar-refractivity contribution in [1.82, 2.24) is 10.2 Å². The van der Waals surface area contributed by atoms with Crippen molar-refractivity contribution in [2.45, 2.75) is 44.7 Å². The molecule has 0 aromatic carbocycles. The van der Waals surface area contributed by atoms with E-state index in [1.54, 1.807) is 6.92 Å². The molecule has 1 saturated heterocycles. The number of rotatable bonds is 3. The van der Waals surface area contributed by atoms with E-state index in [2.05, 4.69) is 5.32 Å². The maximum Gasteiger partial charge on any atom is 0.236 e. The third-order valence-electron chi connectivity index (χ3n) is 3.49. The molecule has 2 aliphatic rings. The molecule has 5 nitrogen and oxygen atoms in total. The number of amides is 2. The molecule has 1 aliphatic carbocycles. The SMILES string of the molecule is C[C@@H](N)C(=O)NC1CCN(C(=O)C2CC2)CC1. The van der Waals surface area contributed by atoms with Crippen molar-refractivity contribution in [1.29, 1.82) is 0 Å². The first-order valence-electron chi connectivity index (χ1n) is 6.42. The lowest BCUT2D eigenvalue weighted by Gasteiger charge is -2.32. The summed E-state index contributed by atoms with van der Waals surface area (Å²) in [6.07, 6.45) is 3.80. The van der Waals surface area contributed by atoms with Crippen molar-refractivity contribution < 1.29 is 9.59 Å². The van der Waals surface area contributed by atoms with Gasteiger partial charge in [-0.05, 0) is 32.6 Å². The Bertz CT molecular complexity index is 305. The number of nitrogens with one attached hydrogen (secondary N) is 1. The Morgan fingerprint density at radius 2 is 1.82 bits per heavy atom. The summed E-state index contributed by atoms with van der Waals surface area (Å²) in [5.41, 5.74) is 5.50. The molecule has 1 heterocycles. The van der Waals surface area contributed by atoms with E-state index in [0.717, 1.165) is 38.8 Å². The third-order valence-corrected chi connectivity index (χ3v) is 3.49. The quantitative estimate of drug-likeness (QED) is 0.719. The van der Waals surface area contributed by atoms with Gasteiger partial charge in [-0.15, -0.1) is 0 Å². The Balaban J connectivity index is 1.74. The average Bonchev–Trinajstić information content (AvgIpc) is 3.13. The van der Waals surface area contributed by atoms with E-state index in [4.69, 9.17) is 5.73 Å². The number of nitrogens with zero attached hydrogens (tertiary/aromatic N) is 1. The highest BCUT2D eigenvalue weighted by Crippen LogP contribution is 2.31. The second kappa shape index (κ2) is 5.04. The molecule has 2 amide bonds. The van der Waals surface area contributed by atoms with Crippen molar-refractivity contribution in [3.05, 3.63) is 0 Å². The first-order chi connectivity index (χ1) is 8.08. The van der Waals surface area contributed by atoms with Gasteiger partial charge in [0, 0.05) is 25.0 Å². The van der Waals surface area contributed by atoms with E-state index in [0.29, 0.717) is 11.8 Å². The molecule has 1 saturated carbocycles. The fraction of sp³-hybridized carbons (Fsp3) is 0.833. The van der Waals surface area contributed by atoms with Crippen LogP contribution in [0.1, 0.15) is 32.6 Å². The lowest BCUT2D eigenvalue weighted by Crippen LogP contribution is -2.50. The highest BCUT2D eigenvalue weighted by Gasteiger charge is 2.35. The zero-order valence-corrected chi connectivity index (χ0v) is 10.3. The van der Waals surface area contributed by atoms with Crippen LogP contribution in [0.5, 0.6) is 0 Å². The van der Waals surface area contributed by atoms with Crippen LogP contribution in [-0.2, 0) is 9.59 Å². The second-order valence-corrected chi connectivity index (χ2v) is 5.17. The molecule has 3 N–H and O–H groups in total. The largest absolute Gasteiger partial charge is 0.352 e. The van der Waals surface area contributed by atoms with Crippen LogP contribution in [0.25, 0.3) is 0 Å². The Morgan fingerprint density at radius 1 is 1.24 bits per heavy atom. The highest BCUT2D eigenvalue weighted by atomic mass is 16.2. The van der Waals surface area contributed by atoms with Crippen LogP contribution in [0.2, 0.25) is 0 Å². The molecule has 0 radical (unpaired) electrons. The standard InChI is InChI=1S/C12H21N3O2/c1-8(13)11(16)14-10-4-6-15(7-5-10)12(17)9-2-3-9/h8-10H,2-7,13H2,1H3,(H,14,16)/t8-/m1/s1. The van der Waals surface area contributed by atoms with Crippen molar-refractivity contribution in [2.75, 3.05) is 13.1 Å². The van der Waals surface area contributed by atoms with Crippen LogP contribution >= 0.6 is 0 Å². The topological polar surface area (TPSA) is 75.4 Å². The lowest BCUT2D eigenvalue weighted by atomic mass is 10.0. The Labute approximate surface area is 102 Å². The molecule has 1 aliphatic heterocycles. The summed E-state index contributed by atoms with van der Waals surface area (Å²) in [6.45, 7) is 3.21. The lowest BCUT2D eigenvalue weighted by molar-refractivity contribution is -0.133. The van der Waals surface area contributed by atoms with Crippen LogP contribution < -0.4 is 11.1 Å². The number of likely N-dealkylation sites (tertiary alicyclic amines) is 1. The zero-order chi connectivity index (χ0) is 12.4. The molecule has 0 bridgehead atoms. The fourth-order valence-corrected chi connectivity index (χ4v) is 2.17. The maximum absolute atomic E-state index is 11.8. The highest BCUT2D eigenvalue weighted by molar-refractivity contribution is 5.82. The van der Waals surface area contributed by atoms with Gasteiger partial charge in [0.25, 0.3) is 0 Å². The van der Waals surface area contributed by atoms with Crippen molar-refractivity contribution in [2.24, 2.45) is 11.7 Å². The van der Waals surface area contributed by atoms with Crippen LogP contribution in [-0.4, -0.2) is 41.9 Å². The summed E-state index contributed by atoms with van der Waals surface area (Å²) in [5.74, 6) is 0.504. The van der Waals surface area contributed by atoms with Gasteiger partial charge in [-0.25, -0.2) is 0 Å². The normalized spacial score (nSPS) is 23.3. The van der Waals surface area contributed by atoms with Crippen molar-refractivity contribution >= 4 is 11.8 Å². The summed E-state index contributed by atoms with van der Waals surface area (Å²) >= 11 is 0. The van der Waals surface area contributed by atoms with E-state index >= 15 is 0 Å². The molecule has 5 heteroatoms. The van der Waals surface area contributed by atoms with Gasteiger partial charge in [-0.1, -0.05) is 0 Å². The summed E-state index contributed by atoms with van der Waals surface area (Å²) in [7, 11) is 0. The van der Waals surface area contributed by atoms with E-state index in [-0.39, 0.29) is 11.9 Å². The number of hydrogen-bond donors (Lipinski definition) is 2. The van der Waals surface area contributed by atoms with Gasteiger partial charge < -0.3 is 16.0 Å². The first kappa shape index (κ1) is 12.4. The molecule has 1 atom stereocenters. The molecule has 96 valence electrons. The van der Waals surface area contributed by atoms with Gasteiger partial charge in [0.15, 0.2) is 0 Å². The number of piperidine rings is 1. The monoisotopic (exact) mass is 239 g/mol. The Morgan fingerprint density at radius 3 is 2.29 bits per heavy atom. The molecule has 0 aromatic rings. The Kier molecular flexibility index (Phi) is 3.66. The summed E-state index contributed by atoms with van der Waals surface area (Å²) in [5, 5.41) is 2.92. The van der Waals surface area contributed by atoms with E-state index in [1.165, 1.54) is 0 Å². The van der Waals surface area contributed by atoms with E-state index < -0.39 is 6.04 Å². The van der Waals surface area contributed by atoms with Gasteiger partial charge >= 0.3 is 0 Å². The third kappa shape index (κ3) is 3.19. The molecular formula is C12H21N3O2. The Hall–Kier alpha value is -1.10. The molecule has 17 heavy (non-hydrogen) atoms. The van der Waals surface area contributed by atoms with Crippen molar-refractivity contribution in [3.63, 3.8) is 0 Å². The molecule has 0 aromatic heterocycles. The molecule has 2 fully saturated rings. The predicted octanol–water partition coefficient (Wildman–Crippen LogP) is -0.149. The van der Waals surface area contributed by atoms with Gasteiger partial charge in [-0.3, -0.25) is 9.59 Å². The minimum atomic E-state index is -0.457. The number of hydrogen-bond acceptors (Lipinski definition) is 3. The summed E-state index contributed by atoms with van der Waals surface area (Å²) in [6, 6.07) is -0.280. The molecule has 0 unspecified atom stereocenters. The van der Waals surface area contributed by atoms with Crippen LogP contribution in [0.3, 0.4) is 0 Å². The average molecular weight is 239 g/mol. The van der Waals surface area contributed by atoms with Crippen LogP contribution in [0.4, 0.5) is 0 Å². The number of nitrogens with two attached hydrogens (primary N) is 1. The number of carbonyl (C=O) groups is 2. The molecular weight excluding hydrogens is 218 g/mol. The fourth-order valence-electron chi connectivity index (χ4n) is 2.17. The van der Waals surface area contributed by atoms with Gasteiger partial charge in [0.2, 0.25) is 11.8 Å². The minimum Gasteiger partial charge on any atom is -0.352 e. The molecule has 2 rings (SSSR count).